The molecule has 0 unspecified atom stereocenters. The second-order valence-electron chi connectivity index (χ2n) is 4.76. The van der Waals surface area contributed by atoms with Crippen molar-refractivity contribution in [1.82, 2.24) is 9.88 Å². The highest BCUT2D eigenvalue weighted by atomic mass is 127. The average Bonchev–Trinajstić information content (AvgIpc) is 2.53. The topological polar surface area (TPSA) is 63.7 Å². The number of morpholine rings is 1. The first-order valence-electron chi connectivity index (χ1n) is 6.80. The van der Waals surface area contributed by atoms with Gasteiger partial charge in [0.1, 0.15) is 0 Å². The number of para-hydroxylation sites is 1. The summed E-state index contributed by atoms with van der Waals surface area (Å²) < 4.78 is 5.31. The minimum absolute atomic E-state index is 0. The van der Waals surface area contributed by atoms with Crippen molar-refractivity contribution in [2.24, 2.45) is 10.7 Å². The first-order valence-corrected chi connectivity index (χ1v) is 6.80. The van der Waals surface area contributed by atoms with E-state index in [1.807, 2.05) is 30.5 Å². The zero-order valence-corrected chi connectivity index (χ0v) is 14.1. The number of benzene rings is 1. The van der Waals surface area contributed by atoms with Gasteiger partial charge in [-0.1, -0.05) is 18.2 Å². The first kappa shape index (κ1) is 16.0. The van der Waals surface area contributed by atoms with Gasteiger partial charge < -0.3 is 15.4 Å². The summed E-state index contributed by atoms with van der Waals surface area (Å²) in [5.41, 5.74) is 8.18. The zero-order valence-electron chi connectivity index (χ0n) is 11.7. The van der Waals surface area contributed by atoms with Gasteiger partial charge in [-0.25, -0.2) is 4.99 Å². The molecule has 1 aromatic heterocycles. The highest BCUT2D eigenvalue weighted by molar-refractivity contribution is 14.0. The van der Waals surface area contributed by atoms with E-state index in [0.29, 0.717) is 25.7 Å². The second-order valence-corrected chi connectivity index (χ2v) is 4.76. The molecule has 0 spiro atoms. The van der Waals surface area contributed by atoms with Crippen LogP contribution in [0, 0.1) is 0 Å². The molecule has 1 aliphatic heterocycles. The monoisotopic (exact) mass is 398 g/mol. The predicted molar refractivity (Wildman–Crippen MR) is 94.9 cm³/mol. The minimum Gasteiger partial charge on any atom is -0.378 e. The Morgan fingerprint density at radius 2 is 2.00 bits per heavy atom. The Bertz CT molecular complexity index is 621. The maximum Gasteiger partial charge on any atom is 0.191 e. The fourth-order valence-electron chi connectivity index (χ4n) is 2.35. The van der Waals surface area contributed by atoms with Gasteiger partial charge in [0.25, 0.3) is 0 Å². The van der Waals surface area contributed by atoms with Crippen LogP contribution in [0.5, 0.6) is 0 Å². The number of nitrogens with two attached hydrogens (primary N) is 1. The molecule has 0 aliphatic carbocycles. The van der Waals surface area contributed by atoms with E-state index in [1.165, 1.54) is 0 Å². The van der Waals surface area contributed by atoms with E-state index in [-0.39, 0.29) is 24.0 Å². The summed E-state index contributed by atoms with van der Waals surface area (Å²) in [7, 11) is 0. The molecule has 0 atom stereocenters. The average molecular weight is 398 g/mol. The summed E-state index contributed by atoms with van der Waals surface area (Å²) in [6.07, 6.45) is 1.82. The molecule has 0 radical (unpaired) electrons. The van der Waals surface area contributed by atoms with E-state index in [4.69, 9.17) is 10.5 Å². The number of nitrogens with zero attached hydrogens (tertiary/aromatic N) is 3. The molecule has 5 nitrogen and oxygen atoms in total. The van der Waals surface area contributed by atoms with Crippen LogP contribution in [0.2, 0.25) is 0 Å². The molecule has 0 saturated carbocycles. The van der Waals surface area contributed by atoms with E-state index in [1.54, 1.807) is 0 Å². The fraction of sp³-hybridized carbons (Fsp3) is 0.333. The Morgan fingerprint density at radius 1 is 1.24 bits per heavy atom. The molecule has 1 aliphatic rings. The maximum atomic E-state index is 6.05. The summed E-state index contributed by atoms with van der Waals surface area (Å²) in [6, 6.07) is 10.1. The van der Waals surface area contributed by atoms with Gasteiger partial charge in [0.15, 0.2) is 5.96 Å². The molecule has 1 aromatic carbocycles. The van der Waals surface area contributed by atoms with Gasteiger partial charge in [0, 0.05) is 24.7 Å². The van der Waals surface area contributed by atoms with Crippen LogP contribution in [0.15, 0.2) is 41.5 Å². The van der Waals surface area contributed by atoms with Crippen molar-refractivity contribution in [2.75, 3.05) is 26.3 Å². The Kier molecular flexibility index (Phi) is 5.75. The highest BCUT2D eigenvalue weighted by Gasteiger charge is 2.12. The number of rotatable bonds is 2. The molecule has 2 N–H and O–H groups in total. The molecule has 3 rings (SSSR count). The Morgan fingerprint density at radius 3 is 2.81 bits per heavy atom. The number of aliphatic imine (C=N–C) groups is 1. The lowest BCUT2D eigenvalue weighted by Gasteiger charge is -2.27. The van der Waals surface area contributed by atoms with Crippen LogP contribution in [-0.4, -0.2) is 42.1 Å². The SMILES string of the molecule is I.NC(=NCc1ccnc2ccccc12)N1CCOCC1. The number of hydrogen-bond acceptors (Lipinski definition) is 3. The lowest BCUT2D eigenvalue weighted by Crippen LogP contribution is -2.44. The molecule has 21 heavy (non-hydrogen) atoms. The fourth-order valence-corrected chi connectivity index (χ4v) is 2.35. The molecule has 1 fully saturated rings. The van der Waals surface area contributed by atoms with E-state index in [9.17, 15) is 0 Å². The molecular formula is C15H19IN4O. The summed E-state index contributed by atoms with van der Waals surface area (Å²) in [4.78, 5) is 10.9. The molecule has 1 saturated heterocycles. The molecule has 2 aromatic rings. The molecular weight excluding hydrogens is 379 g/mol. The standard InChI is InChI=1S/C15H18N4O.HI/c16-15(19-7-9-20-10-8-19)18-11-12-5-6-17-14-4-2-1-3-13(12)14;/h1-6H,7-11H2,(H2,16,18);1H. The van der Waals surface area contributed by atoms with Crippen LogP contribution in [0.4, 0.5) is 0 Å². The lowest BCUT2D eigenvalue weighted by atomic mass is 10.1. The summed E-state index contributed by atoms with van der Waals surface area (Å²) in [5.74, 6) is 0.592. The van der Waals surface area contributed by atoms with Gasteiger partial charge in [-0.3, -0.25) is 4.98 Å². The van der Waals surface area contributed by atoms with Gasteiger partial charge in [-0.2, -0.15) is 0 Å². The number of aromatic nitrogens is 1. The largest absolute Gasteiger partial charge is 0.378 e. The third-order valence-corrected chi connectivity index (χ3v) is 3.49. The van der Waals surface area contributed by atoms with Crippen LogP contribution in [-0.2, 0) is 11.3 Å². The van der Waals surface area contributed by atoms with Gasteiger partial charge in [-0.05, 0) is 17.7 Å². The summed E-state index contributed by atoms with van der Waals surface area (Å²) in [6.45, 7) is 3.63. The second kappa shape index (κ2) is 7.56. The number of hydrogen-bond donors (Lipinski definition) is 1. The number of fused-ring (bicyclic) bond motifs is 1. The molecule has 0 bridgehead atoms. The van der Waals surface area contributed by atoms with Crippen LogP contribution in [0.25, 0.3) is 10.9 Å². The maximum absolute atomic E-state index is 6.05. The Labute approximate surface area is 141 Å². The highest BCUT2D eigenvalue weighted by Crippen LogP contribution is 2.16. The molecule has 6 heteroatoms. The van der Waals surface area contributed by atoms with Crippen molar-refractivity contribution in [3.05, 3.63) is 42.1 Å². The van der Waals surface area contributed by atoms with Crippen LogP contribution >= 0.6 is 24.0 Å². The third kappa shape index (κ3) is 3.82. The van der Waals surface area contributed by atoms with Crippen molar-refractivity contribution in [3.8, 4) is 0 Å². The quantitative estimate of drug-likeness (QED) is 0.478. The van der Waals surface area contributed by atoms with E-state index < -0.39 is 0 Å². The molecule has 2 heterocycles. The number of halogens is 1. The predicted octanol–water partition coefficient (Wildman–Crippen LogP) is 2.00. The van der Waals surface area contributed by atoms with Crippen LogP contribution in [0.1, 0.15) is 5.56 Å². The van der Waals surface area contributed by atoms with Crippen LogP contribution < -0.4 is 5.73 Å². The van der Waals surface area contributed by atoms with E-state index >= 15 is 0 Å². The van der Waals surface area contributed by atoms with Crippen molar-refractivity contribution in [1.29, 1.82) is 0 Å². The van der Waals surface area contributed by atoms with Gasteiger partial charge in [0.05, 0.1) is 25.3 Å². The third-order valence-electron chi connectivity index (χ3n) is 3.49. The normalized spacial score (nSPS) is 15.8. The van der Waals surface area contributed by atoms with Crippen LogP contribution in [0.3, 0.4) is 0 Å². The van der Waals surface area contributed by atoms with Crippen molar-refractivity contribution >= 4 is 40.8 Å². The zero-order chi connectivity index (χ0) is 13.8. The number of ether oxygens (including phenoxy) is 1. The van der Waals surface area contributed by atoms with Gasteiger partial charge in [0.2, 0.25) is 0 Å². The number of pyridine rings is 1. The molecule has 0 amide bonds. The molecule has 112 valence electrons. The smallest absolute Gasteiger partial charge is 0.191 e. The van der Waals surface area contributed by atoms with Gasteiger partial charge in [-0.15, -0.1) is 24.0 Å². The van der Waals surface area contributed by atoms with E-state index in [0.717, 1.165) is 29.6 Å². The van der Waals surface area contributed by atoms with Crippen molar-refractivity contribution in [3.63, 3.8) is 0 Å². The lowest BCUT2D eigenvalue weighted by molar-refractivity contribution is 0.0674. The number of guanidine groups is 1. The summed E-state index contributed by atoms with van der Waals surface area (Å²) in [5, 5.41) is 1.13. The summed E-state index contributed by atoms with van der Waals surface area (Å²) >= 11 is 0. The van der Waals surface area contributed by atoms with E-state index in [2.05, 4.69) is 20.9 Å². The van der Waals surface area contributed by atoms with Gasteiger partial charge >= 0.3 is 0 Å². The Balaban J connectivity index is 0.00000161. The Hall–Kier alpha value is -1.41. The van der Waals surface area contributed by atoms with Crippen molar-refractivity contribution < 1.29 is 4.74 Å². The minimum atomic E-state index is 0. The first-order chi connectivity index (χ1) is 9.84. The van der Waals surface area contributed by atoms with Crippen molar-refractivity contribution in [2.45, 2.75) is 6.54 Å².